The quantitative estimate of drug-likeness (QED) is 0.274. The highest BCUT2D eigenvalue weighted by Crippen LogP contribution is 2.43. The highest BCUT2D eigenvalue weighted by atomic mass is 28.4. The van der Waals surface area contributed by atoms with Crippen LogP contribution in [0.3, 0.4) is 0 Å². The van der Waals surface area contributed by atoms with E-state index in [-0.39, 0.29) is 22.2 Å². The van der Waals surface area contributed by atoms with E-state index in [4.69, 9.17) is 18.3 Å². The van der Waals surface area contributed by atoms with E-state index in [0.717, 1.165) is 28.8 Å². The Balaban J connectivity index is 2.11. The van der Waals surface area contributed by atoms with Gasteiger partial charge in [-0.15, -0.1) is 0 Å². The molecule has 0 saturated carbocycles. The zero-order chi connectivity index (χ0) is 32.8. The summed E-state index contributed by atoms with van der Waals surface area (Å²) in [5.74, 6) is -1.00. The number of carbonyl (C=O) groups excluding carboxylic acids is 1. The topological polar surface area (TPSA) is 109 Å². The molecule has 0 spiro atoms. The van der Waals surface area contributed by atoms with Gasteiger partial charge in [-0.2, -0.15) is 13.2 Å². The minimum Gasteiger partial charge on any atom is -0.453 e. The van der Waals surface area contributed by atoms with Gasteiger partial charge in [-0.3, -0.25) is 14.3 Å². The molecule has 1 saturated heterocycles. The molecule has 1 aliphatic rings. The van der Waals surface area contributed by atoms with Crippen LogP contribution in [0.15, 0.2) is 46.1 Å². The number of rotatable bonds is 8. The predicted octanol–water partition coefficient (Wildman–Crippen LogP) is 6.09. The molecular formula is C29H43F3N2O7Si2. The summed E-state index contributed by atoms with van der Waals surface area (Å²) in [6, 6.07) is 5.13. The molecule has 0 radical (unpaired) electrons. The summed E-state index contributed by atoms with van der Waals surface area (Å²) in [5.41, 5.74) is -2.65. The average Bonchev–Trinajstić information content (AvgIpc) is 3.17. The lowest BCUT2D eigenvalue weighted by molar-refractivity contribution is -0.137. The number of H-pyrrole nitrogens is 1. The summed E-state index contributed by atoms with van der Waals surface area (Å²) in [6.07, 6.45) is -7.67. The van der Waals surface area contributed by atoms with Crippen LogP contribution in [-0.2, 0) is 24.5 Å². The van der Waals surface area contributed by atoms with Gasteiger partial charge in [-0.25, -0.2) is 9.59 Å². The first-order valence-corrected chi connectivity index (χ1v) is 19.9. The fraction of sp³-hybridized carbons (Fsp3) is 0.621. The van der Waals surface area contributed by atoms with Crippen molar-refractivity contribution in [1.82, 2.24) is 9.55 Å². The van der Waals surface area contributed by atoms with Gasteiger partial charge in [-0.05, 0) is 54.5 Å². The Labute approximate surface area is 252 Å². The number of halogens is 3. The van der Waals surface area contributed by atoms with E-state index in [1.54, 1.807) is 0 Å². The standard InChI is InChI=1S/C29H43F3N2O7Si2/c1-27(2,3)42(7,8)38-17-20-22(40-25(36)18-12-11-13-19(16-18)29(30,31)32)23(41-43(9,10)28(4,5)6)24(39-20)34-15-14-21(35)33-26(34)37/h11-16,20,22-24H,17H2,1-10H3,(H,33,35,37)/t20-,22?,23?,24-/m0/s1. The van der Waals surface area contributed by atoms with Crippen LogP contribution in [0.2, 0.25) is 36.3 Å². The van der Waals surface area contributed by atoms with Crippen molar-refractivity contribution in [2.24, 2.45) is 0 Å². The van der Waals surface area contributed by atoms with Crippen LogP contribution in [0.1, 0.15) is 63.7 Å². The number of aromatic nitrogens is 2. The fourth-order valence-electron chi connectivity index (χ4n) is 4.00. The van der Waals surface area contributed by atoms with Crippen LogP contribution in [-0.4, -0.2) is 57.1 Å². The lowest BCUT2D eigenvalue weighted by atomic mass is 10.1. The number of carbonyl (C=O) groups is 1. The fourth-order valence-corrected chi connectivity index (χ4v) is 6.30. The van der Waals surface area contributed by atoms with Crippen LogP contribution in [0, 0.1) is 0 Å². The first-order valence-electron chi connectivity index (χ1n) is 14.1. The van der Waals surface area contributed by atoms with Crippen molar-refractivity contribution in [2.45, 2.75) is 109 Å². The van der Waals surface area contributed by atoms with Gasteiger partial charge in [0.1, 0.15) is 12.2 Å². The van der Waals surface area contributed by atoms with E-state index in [2.05, 4.69) is 25.8 Å². The Morgan fingerprint density at radius 2 is 1.56 bits per heavy atom. The SMILES string of the molecule is CC(C)(C)[Si](C)(C)OC[C@@H]1O[C@H](n2ccc(=O)[nH]c2=O)C(O[Si](C)(C)C(C)(C)C)C1OC(=O)c1cccc(C(F)(F)F)c1. The minimum absolute atomic E-state index is 0.0248. The highest BCUT2D eigenvalue weighted by Gasteiger charge is 2.54. The molecule has 1 aromatic heterocycles. The minimum atomic E-state index is -4.66. The first-order chi connectivity index (χ1) is 19.4. The summed E-state index contributed by atoms with van der Waals surface area (Å²) in [7, 11) is -4.98. The number of aromatic amines is 1. The molecule has 1 N–H and O–H groups in total. The Morgan fingerprint density at radius 3 is 2.09 bits per heavy atom. The maximum atomic E-state index is 13.4. The molecule has 1 fully saturated rings. The Bertz CT molecular complexity index is 1420. The zero-order valence-corrected chi connectivity index (χ0v) is 28.4. The number of ether oxygens (including phenoxy) is 2. The van der Waals surface area contributed by atoms with Gasteiger partial charge in [0.05, 0.1) is 17.7 Å². The number of nitrogens with zero attached hydrogens (tertiary/aromatic N) is 1. The van der Waals surface area contributed by atoms with E-state index >= 15 is 0 Å². The molecule has 2 aromatic rings. The molecule has 9 nitrogen and oxygen atoms in total. The normalized spacial score (nSPS) is 22.1. The Kier molecular flexibility index (Phi) is 9.84. The van der Waals surface area contributed by atoms with Crippen LogP contribution in [0.25, 0.3) is 0 Å². The van der Waals surface area contributed by atoms with Gasteiger partial charge in [-0.1, -0.05) is 47.6 Å². The van der Waals surface area contributed by atoms with Crippen molar-refractivity contribution in [3.63, 3.8) is 0 Å². The average molecular weight is 645 g/mol. The molecule has 2 unspecified atom stereocenters. The summed E-state index contributed by atoms with van der Waals surface area (Å²) in [6.45, 7) is 20.2. The van der Waals surface area contributed by atoms with E-state index in [1.165, 1.54) is 12.3 Å². The van der Waals surface area contributed by atoms with Crippen LogP contribution in [0.5, 0.6) is 0 Å². The van der Waals surface area contributed by atoms with Crippen LogP contribution >= 0.6 is 0 Å². The molecule has 43 heavy (non-hydrogen) atoms. The number of alkyl halides is 3. The molecule has 14 heteroatoms. The monoisotopic (exact) mass is 644 g/mol. The molecule has 3 rings (SSSR count). The third-order valence-corrected chi connectivity index (χ3v) is 17.7. The largest absolute Gasteiger partial charge is 0.453 e. The Hall–Kier alpha value is -2.53. The number of nitrogens with one attached hydrogen (secondary N) is 1. The second-order valence-corrected chi connectivity index (χ2v) is 23.5. The maximum Gasteiger partial charge on any atom is 0.416 e. The lowest BCUT2D eigenvalue weighted by Crippen LogP contribution is -2.51. The van der Waals surface area contributed by atoms with Crippen molar-refractivity contribution in [3.8, 4) is 0 Å². The predicted molar refractivity (Wildman–Crippen MR) is 161 cm³/mol. The molecular weight excluding hydrogens is 601 g/mol. The van der Waals surface area contributed by atoms with Crippen molar-refractivity contribution >= 4 is 22.6 Å². The molecule has 4 atom stereocenters. The van der Waals surface area contributed by atoms with E-state index in [1.807, 2.05) is 47.0 Å². The molecule has 1 aromatic carbocycles. The summed E-state index contributed by atoms with van der Waals surface area (Å²) in [5, 5.41) is -0.471. The number of hydrogen-bond donors (Lipinski definition) is 1. The van der Waals surface area contributed by atoms with Gasteiger partial charge in [0.2, 0.25) is 0 Å². The van der Waals surface area contributed by atoms with Crippen molar-refractivity contribution in [2.75, 3.05) is 6.61 Å². The smallest absolute Gasteiger partial charge is 0.416 e. The van der Waals surface area contributed by atoms with E-state index in [0.29, 0.717) is 0 Å². The van der Waals surface area contributed by atoms with Gasteiger partial charge in [0.15, 0.2) is 29.0 Å². The van der Waals surface area contributed by atoms with Crippen LogP contribution < -0.4 is 11.2 Å². The van der Waals surface area contributed by atoms with Crippen molar-refractivity contribution < 1.29 is 36.3 Å². The summed E-state index contributed by atoms with van der Waals surface area (Å²) >= 11 is 0. The van der Waals surface area contributed by atoms with Gasteiger partial charge < -0.3 is 18.3 Å². The number of hydrogen-bond acceptors (Lipinski definition) is 7. The molecule has 0 amide bonds. The second-order valence-electron chi connectivity index (χ2n) is 13.9. The zero-order valence-electron chi connectivity index (χ0n) is 26.4. The van der Waals surface area contributed by atoms with E-state index in [9.17, 15) is 27.6 Å². The third kappa shape index (κ3) is 7.96. The van der Waals surface area contributed by atoms with E-state index < -0.39 is 70.1 Å². The Morgan fingerprint density at radius 1 is 0.953 bits per heavy atom. The molecule has 2 heterocycles. The first kappa shape index (κ1) is 35.0. The van der Waals surface area contributed by atoms with Crippen molar-refractivity contribution in [1.29, 1.82) is 0 Å². The highest BCUT2D eigenvalue weighted by molar-refractivity contribution is 6.74. The molecule has 0 bridgehead atoms. The van der Waals surface area contributed by atoms with Gasteiger partial charge in [0.25, 0.3) is 5.56 Å². The molecule has 0 aliphatic carbocycles. The molecule has 1 aliphatic heterocycles. The third-order valence-electron chi connectivity index (χ3n) is 8.73. The second kappa shape index (κ2) is 12.1. The van der Waals surface area contributed by atoms with Gasteiger partial charge >= 0.3 is 17.8 Å². The summed E-state index contributed by atoms with van der Waals surface area (Å²) in [4.78, 5) is 40.4. The lowest BCUT2D eigenvalue weighted by Gasteiger charge is -2.40. The van der Waals surface area contributed by atoms with Crippen molar-refractivity contribution in [3.05, 3.63) is 68.5 Å². The molecule has 240 valence electrons. The van der Waals surface area contributed by atoms with Gasteiger partial charge in [0, 0.05) is 12.3 Å². The summed E-state index contributed by atoms with van der Waals surface area (Å²) < 4.78 is 66.8. The number of esters is 1. The number of benzene rings is 1. The maximum absolute atomic E-state index is 13.4. The van der Waals surface area contributed by atoms with Crippen LogP contribution in [0.4, 0.5) is 13.2 Å².